The monoisotopic (exact) mass is 246 g/mol. The van der Waals surface area contributed by atoms with E-state index in [4.69, 9.17) is 16.7 Å². The van der Waals surface area contributed by atoms with Crippen LogP contribution in [0.25, 0.3) is 0 Å². The van der Waals surface area contributed by atoms with Crippen molar-refractivity contribution in [1.29, 1.82) is 0 Å². The summed E-state index contributed by atoms with van der Waals surface area (Å²) in [5.74, 6) is -2.54. The van der Waals surface area contributed by atoms with Crippen LogP contribution in [0.4, 0.5) is 8.78 Å². The molecule has 1 aromatic rings. The second-order valence-electron chi connectivity index (χ2n) is 4.10. The predicted octanol–water partition coefficient (Wildman–Crippen LogP) is 3.12. The third kappa shape index (κ3) is 1.89. The van der Waals surface area contributed by atoms with Crippen LogP contribution < -0.4 is 0 Å². The molecule has 0 aromatic heterocycles. The minimum Gasteiger partial charge on any atom is -0.481 e. The Labute approximate surface area is 95.8 Å². The van der Waals surface area contributed by atoms with E-state index in [1.54, 1.807) is 0 Å². The maximum absolute atomic E-state index is 13.5. The highest BCUT2D eigenvalue weighted by Gasteiger charge is 2.47. The molecular formula is C11H9ClF2O2. The average molecular weight is 247 g/mol. The molecular weight excluding hydrogens is 238 g/mol. The second-order valence-corrected chi connectivity index (χ2v) is 4.50. The first kappa shape index (κ1) is 11.3. The van der Waals surface area contributed by atoms with Crippen LogP contribution >= 0.6 is 11.6 Å². The molecule has 1 N–H and O–H groups in total. The summed E-state index contributed by atoms with van der Waals surface area (Å²) in [6.07, 6.45) is 1.04. The number of halogens is 3. The first-order valence-corrected chi connectivity index (χ1v) is 5.19. The molecule has 86 valence electrons. The molecule has 2 rings (SSSR count). The van der Waals surface area contributed by atoms with Gasteiger partial charge < -0.3 is 5.11 Å². The first-order valence-electron chi connectivity index (χ1n) is 4.81. The molecule has 1 aliphatic carbocycles. The fraction of sp³-hybridized carbons (Fsp3) is 0.364. The normalized spacial score (nSPS) is 17.2. The summed E-state index contributed by atoms with van der Waals surface area (Å²) in [6.45, 7) is 0. The van der Waals surface area contributed by atoms with Crippen LogP contribution in [0, 0.1) is 11.6 Å². The van der Waals surface area contributed by atoms with Gasteiger partial charge in [0.25, 0.3) is 0 Å². The topological polar surface area (TPSA) is 37.3 Å². The zero-order chi connectivity index (χ0) is 11.9. The van der Waals surface area contributed by atoms with Crippen molar-refractivity contribution >= 4 is 17.6 Å². The Hall–Kier alpha value is -1.16. The van der Waals surface area contributed by atoms with Crippen LogP contribution in [0.1, 0.15) is 24.8 Å². The molecule has 1 fully saturated rings. The van der Waals surface area contributed by atoms with Crippen molar-refractivity contribution in [2.75, 3.05) is 0 Å². The van der Waals surface area contributed by atoms with Crippen molar-refractivity contribution < 1.29 is 18.7 Å². The van der Waals surface area contributed by atoms with Crippen molar-refractivity contribution in [2.45, 2.75) is 24.7 Å². The van der Waals surface area contributed by atoms with E-state index < -0.39 is 23.0 Å². The van der Waals surface area contributed by atoms with Gasteiger partial charge in [-0.2, -0.15) is 0 Å². The van der Waals surface area contributed by atoms with Gasteiger partial charge in [-0.15, -0.1) is 0 Å². The fourth-order valence-electron chi connectivity index (χ4n) is 1.91. The maximum atomic E-state index is 13.5. The summed E-state index contributed by atoms with van der Waals surface area (Å²) in [4.78, 5) is 10.7. The van der Waals surface area contributed by atoms with Crippen molar-refractivity contribution in [1.82, 2.24) is 0 Å². The van der Waals surface area contributed by atoms with E-state index in [2.05, 4.69) is 0 Å². The summed E-state index contributed by atoms with van der Waals surface area (Å²) in [5.41, 5.74) is -0.478. The first-order chi connectivity index (χ1) is 7.44. The van der Waals surface area contributed by atoms with Crippen LogP contribution in [-0.4, -0.2) is 11.1 Å². The summed E-state index contributed by atoms with van der Waals surface area (Å²) < 4.78 is 26.5. The van der Waals surface area contributed by atoms with Gasteiger partial charge in [0.1, 0.15) is 11.6 Å². The number of hydrogen-bond donors (Lipinski definition) is 1. The van der Waals surface area contributed by atoms with Gasteiger partial charge in [0.15, 0.2) is 0 Å². The largest absolute Gasteiger partial charge is 0.481 e. The van der Waals surface area contributed by atoms with Gasteiger partial charge in [-0.25, -0.2) is 8.78 Å². The van der Waals surface area contributed by atoms with Crippen LogP contribution in [0.3, 0.4) is 0 Å². The van der Waals surface area contributed by atoms with Crippen molar-refractivity contribution in [3.8, 4) is 0 Å². The summed E-state index contributed by atoms with van der Waals surface area (Å²) in [5, 5.41) is 8.56. The number of carboxylic acids is 1. The second kappa shape index (κ2) is 3.70. The average Bonchev–Trinajstić information content (AvgIpc) is 2.91. The lowest BCUT2D eigenvalue weighted by Gasteiger charge is -2.14. The Morgan fingerprint density at radius 3 is 2.50 bits per heavy atom. The third-order valence-electron chi connectivity index (χ3n) is 2.92. The molecule has 0 atom stereocenters. The quantitative estimate of drug-likeness (QED) is 0.832. The van der Waals surface area contributed by atoms with E-state index in [1.165, 1.54) is 6.07 Å². The molecule has 16 heavy (non-hydrogen) atoms. The molecule has 5 heteroatoms. The Kier molecular flexibility index (Phi) is 2.62. The van der Waals surface area contributed by atoms with E-state index in [9.17, 15) is 13.6 Å². The highest BCUT2D eigenvalue weighted by Crippen LogP contribution is 2.52. The van der Waals surface area contributed by atoms with Gasteiger partial charge in [0, 0.05) is 11.5 Å². The zero-order valence-corrected chi connectivity index (χ0v) is 9.02. The molecule has 0 unspecified atom stereocenters. The van der Waals surface area contributed by atoms with E-state index in [-0.39, 0.29) is 17.0 Å². The molecule has 1 saturated carbocycles. The van der Waals surface area contributed by atoms with Crippen molar-refractivity contribution in [2.24, 2.45) is 0 Å². The molecule has 0 amide bonds. The Morgan fingerprint density at radius 1 is 1.38 bits per heavy atom. The maximum Gasteiger partial charge on any atom is 0.304 e. The molecule has 2 nitrogen and oxygen atoms in total. The van der Waals surface area contributed by atoms with Gasteiger partial charge in [-0.3, -0.25) is 4.79 Å². The predicted molar refractivity (Wildman–Crippen MR) is 54.5 cm³/mol. The molecule has 1 aliphatic rings. The smallest absolute Gasteiger partial charge is 0.304 e. The third-order valence-corrected chi connectivity index (χ3v) is 3.21. The zero-order valence-electron chi connectivity index (χ0n) is 8.27. The number of carbonyl (C=O) groups is 1. The molecule has 0 bridgehead atoms. The Bertz CT molecular complexity index is 456. The number of aliphatic carboxylic acids is 1. The standard InChI is InChI=1S/C11H9ClF2O2/c12-7-3-6(8(13)4-9(7)14)11(1-2-11)5-10(15)16/h3-4H,1-2,5H2,(H,15,16). The van der Waals surface area contributed by atoms with E-state index in [0.717, 1.165) is 0 Å². The minimum absolute atomic E-state index is 0.147. The number of hydrogen-bond acceptors (Lipinski definition) is 1. The highest BCUT2D eigenvalue weighted by atomic mass is 35.5. The van der Waals surface area contributed by atoms with E-state index >= 15 is 0 Å². The summed E-state index contributed by atoms with van der Waals surface area (Å²) in [7, 11) is 0. The summed E-state index contributed by atoms with van der Waals surface area (Å²) in [6, 6.07) is 1.90. The van der Waals surface area contributed by atoms with Gasteiger partial charge >= 0.3 is 5.97 Å². The lowest BCUT2D eigenvalue weighted by atomic mass is 9.92. The van der Waals surface area contributed by atoms with Crippen LogP contribution in [0.15, 0.2) is 12.1 Å². The van der Waals surface area contributed by atoms with Gasteiger partial charge in [0.05, 0.1) is 11.4 Å². The molecule has 0 spiro atoms. The molecule has 0 aliphatic heterocycles. The van der Waals surface area contributed by atoms with E-state index in [0.29, 0.717) is 18.9 Å². The molecule has 0 heterocycles. The number of benzene rings is 1. The van der Waals surface area contributed by atoms with Crippen molar-refractivity contribution in [3.05, 3.63) is 34.4 Å². The van der Waals surface area contributed by atoms with Crippen LogP contribution in [0.5, 0.6) is 0 Å². The van der Waals surface area contributed by atoms with Gasteiger partial charge in [-0.05, 0) is 24.5 Å². The van der Waals surface area contributed by atoms with Crippen LogP contribution in [-0.2, 0) is 10.2 Å². The summed E-state index contributed by atoms with van der Waals surface area (Å²) >= 11 is 5.57. The Morgan fingerprint density at radius 2 is 2.00 bits per heavy atom. The van der Waals surface area contributed by atoms with Crippen LogP contribution in [0.2, 0.25) is 5.02 Å². The Balaban J connectivity index is 2.41. The fourth-order valence-corrected chi connectivity index (χ4v) is 2.07. The minimum atomic E-state index is -0.989. The number of rotatable bonds is 3. The SMILES string of the molecule is O=C(O)CC1(c2cc(Cl)c(F)cc2F)CC1. The lowest BCUT2D eigenvalue weighted by Crippen LogP contribution is -2.15. The van der Waals surface area contributed by atoms with Crippen molar-refractivity contribution in [3.63, 3.8) is 0 Å². The molecule has 0 saturated heterocycles. The molecule has 1 aromatic carbocycles. The highest BCUT2D eigenvalue weighted by molar-refractivity contribution is 6.30. The lowest BCUT2D eigenvalue weighted by molar-refractivity contribution is -0.137. The number of carboxylic acid groups (broad SMARTS) is 1. The molecule has 0 radical (unpaired) electrons. The van der Waals surface area contributed by atoms with E-state index in [1.807, 2.05) is 0 Å². The van der Waals surface area contributed by atoms with Gasteiger partial charge in [-0.1, -0.05) is 11.6 Å². The van der Waals surface area contributed by atoms with Gasteiger partial charge in [0.2, 0.25) is 0 Å².